The van der Waals surface area contributed by atoms with Gasteiger partial charge in [0.2, 0.25) is 0 Å². The Morgan fingerprint density at radius 3 is 2.69 bits per heavy atom. The van der Waals surface area contributed by atoms with Gasteiger partial charge in [-0.2, -0.15) is 0 Å². The molecule has 1 heterocycles. The fourth-order valence-corrected chi connectivity index (χ4v) is 3.01. The first-order chi connectivity index (χ1) is 7.75. The summed E-state index contributed by atoms with van der Waals surface area (Å²) in [4.78, 5) is 2.41. The number of rotatable bonds is 2. The van der Waals surface area contributed by atoms with Gasteiger partial charge in [0.25, 0.3) is 0 Å². The van der Waals surface area contributed by atoms with Crippen LogP contribution in [-0.4, -0.2) is 22.6 Å². The molecule has 1 aromatic rings. The average Bonchev–Trinajstić information content (AvgIpc) is 2.88. The SMILES string of the molecule is C[C@@H](c1ccccc1)N1C[C@@H]2C=C(O)[C@H]1C2. The summed E-state index contributed by atoms with van der Waals surface area (Å²) in [6.45, 7) is 3.31. The lowest BCUT2D eigenvalue weighted by Gasteiger charge is -2.31. The molecule has 0 saturated carbocycles. The summed E-state index contributed by atoms with van der Waals surface area (Å²) in [6.07, 6.45) is 3.13. The van der Waals surface area contributed by atoms with E-state index in [-0.39, 0.29) is 6.04 Å². The Balaban J connectivity index is 1.83. The van der Waals surface area contributed by atoms with Crippen LogP contribution in [0.2, 0.25) is 0 Å². The van der Waals surface area contributed by atoms with E-state index in [1.54, 1.807) is 0 Å². The molecule has 0 amide bonds. The lowest BCUT2D eigenvalue weighted by Crippen LogP contribution is -2.35. The van der Waals surface area contributed by atoms with Crippen LogP contribution in [0.25, 0.3) is 0 Å². The van der Waals surface area contributed by atoms with Gasteiger partial charge >= 0.3 is 0 Å². The van der Waals surface area contributed by atoms with Gasteiger partial charge in [0.15, 0.2) is 0 Å². The van der Waals surface area contributed by atoms with Crippen LogP contribution in [-0.2, 0) is 0 Å². The summed E-state index contributed by atoms with van der Waals surface area (Å²) in [5.74, 6) is 1.15. The van der Waals surface area contributed by atoms with E-state index in [1.807, 2.05) is 12.1 Å². The van der Waals surface area contributed by atoms with Crippen molar-refractivity contribution in [2.24, 2.45) is 5.92 Å². The standard InChI is InChI=1S/C14H17NO/c1-10(12-5-3-2-4-6-12)15-9-11-7-13(15)14(16)8-11/h2-6,8,10-11,13,16H,7,9H2,1H3/t10-,11-,13+/m0/s1. The second-order valence-electron chi connectivity index (χ2n) is 4.89. The molecule has 0 unspecified atom stereocenters. The van der Waals surface area contributed by atoms with E-state index in [4.69, 9.17) is 0 Å². The topological polar surface area (TPSA) is 23.5 Å². The zero-order chi connectivity index (χ0) is 11.1. The van der Waals surface area contributed by atoms with Gasteiger partial charge in [-0.05, 0) is 30.9 Å². The van der Waals surface area contributed by atoms with E-state index in [2.05, 4.69) is 36.1 Å². The van der Waals surface area contributed by atoms with Crippen molar-refractivity contribution in [3.63, 3.8) is 0 Å². The summed E-state index contributed by atoms with van der Waals surface area (Å²) >= 11 is 0. The lowest BCUT2D eigenvalue weighted by molar-refractivity contribution is 0.165. The van der Waals surface area contributed by atoms with Gasteiger partial charge in [0, 0.05) is 12.6 Å². The molecule has 3 atom stereocenters. The molecule has 2 bridgehead atoms. The average molecular weight is 215 g/mol. The van der Waals surface area contributed by atoms with Gasteiger partial charge in [-0.3, -0.25) is 4.90 Å². The van der Waals surface area contributed by atoms with Crippen molar-refractivity contribution < 1.29 is 5.11 Å². The Morgan fingerprint density at radius 2 is 2.06 bits per heavy atom. The van der Waals surface area contributed by atoms with Crippen LogP contribution >= 0.6 is 0 Å². The van der Waals surface area contributed by atoms with Gasteiger partial charge in [-0.15, -0.1) is 0 Å². The molecule has 84 valence electrons. The molecular formula is C14H17NO. The molecule has 3 rings (SSSR count). The zero-order valence-corrected chi connectivity index (χ0v) is 9.50. The molecular weight excluding hydrogens is 198 g/mol. The Labute approximate surface area is 96.2 Å². The van der Waals surface area contributed by atoms with Crippen LogP contribution in [0, 0.1) is 5.92 Å². The molecule has 0 radical (unpaired) electrons. The van der Waals surface area contributed by atoms with E-state index in [9.17, 15) is 5.11 Å². The zero-order valence-electron chi connectivity index (χ0n) is 9.50. The van der Waals surface area contributed by atoms with Crippen molar-refractivity contribution in [2.45, 2.75) is 25.4 Å². The Morgan fingerprint density at radius 1 is 1.31 bits per heavy atom. The van der Waals surface area contributed by atoms with Crippen LogP contribution < -0.4 is 0 Å². The van der Waals surface area contributed by atoms with Crippen LogP contribution in [0.3, 0.4) is 0 Å². The van der Waals surface area contributed by atoms with Crippen LogP contribution in [0.4, 0.5) is 0 Å². The second-order valence-corrected chi connectivity index (χ2v) is 4.89. The number of hydrogen-bond acceptors (Lipinski definition) is 2. The highest BCUT2D eigenvalue weighted by atomic mass is 16.3. The smallest absolute Gasteiger partial charge is 0.106 e. The number of nitrogens with zero attached hydrogens (tertiary/aromatic N) is 1. The van der Waals surface area contributed by atoms with Gasteiger partial charge in [-0.1, -0.05) is 30.3 Å². The molecule has 0 aromatic heterocycles. The van der Waals surface area contributed by atoms with Gasteiger partial charge in [0.1, 0.15) is 5.76 Å². The third-order valence-corrected chi connectivity index (χ3v) is 3.90. The highest BCUT2D eigenvalue weighted by Gasteiger charge is 2.41. The summed E-state index contributed by atoms with van der Waals surface area (Å²) in [6, 6.07) is 11.2. The maximum Gasteiger partial charge on any atom is 0.106 e. The van der Waals surface area contributed by atoms with Crippen LogP contribution in [0.1, 0.15) is 24.9 Å². The molecule has 1 N–H and O–H groups in total. The highest BCUT2D eigenvalue weighted by molar-refractivity contribution is 5.24. The number of aliphatic hydroxyl groups is 1. The Bertz CT molecular complexity index is 412. The van der Waals surface area contributed by atoms with Gasteiger partial charge < -0.3 is 5.11 Å². The van der Waals surface area contributed by atoms with Crippen molar-refractivity contribution in [3.8, 4) is 0 Å². The molecule has 1 aliphatic carbocycles. The van der Waals surface area contributed by atoms with Crippen LogP contribution in [0.15, 0.2) is 42.2 Å². The second kappa shape index (κ2) is 3.63. The molecule has 2 nitrogen and oxygen atoms in total. The summed E-state index contributed by atoms with van der Waals surface area (Å²) in [5, 5.41) is 9.81. The number of benzene rings is 1. The van der Waals surface area contributed by atoms with Gasteiger partial charge in [0.05, 0.1) is 6.04 Å². The van der Waals surface area contributed by atoms with Crippen molar-refractivity contribution in [1.29, 1.82) is 0 Å². The van der Waals surface area contributed by atoms with Gasteiger partial charge in [-0.25, -0.2) is 0 Å². The van der Waals surface area contributed by atoms with E-state index in [0.29, 0.717) is 17.7 Å². The first-order valence-corrected chi connectivity index (χ1v) is 5.97. The molecule has 2 aliphatic rings. The summed E-state index contributed by atoms with van der Waals surface area (Å²) in [7, 11) is 0. The molecule has 0 spiro atoms. The van der Waals surface area contributed by atoms with E-state index in [1.165, 1.54) is 5.56 Å². The maximum absolute atomic E-state index is 9.81. The van der Waals surface area contributed by atoms with Crippen molar-refractivity contribution in [1.82, 2.24) is 4.90 Å². The summed E-state index contributed by atoms with van der Waals surface area (Å²) < 4.78 is 0. The maximum atomic E-state index is 9.81. The van der Waals surface area contributed by atoms with Crippen LogP contribution in [0.5, 0.6) is 0 Å². The Hall–Kier alpha value is -1.28. The molecule has 2 heteroatoms. The predicted molar refractivity (Wildman–Crippen MR) is 64.2 cm³/mol. The Kier molecular flexibility index (Phi) is 2.25. The monoisotopic (exact) mass is 215 g/mol. The number of likely N-dealkylation sites (tertiary alicyclic amines) is 1. The lowest BCUT2D eigenvalue weighted by atomic mass is 10.1. The van der Waals surface area contributed by atoms with E-state index >= 15 is 0 Å². The van der Waals surface area contributed by atoms with Crippen molar-refractivity contribution in [3.05, 3.63) is 47.7 Å². The summed E-state index contributed by atoms with van der Waals surface area (Å²) in [5.41, 5.74) is 1.34. The predicted octanol–water partition coefficient (Wildman–Crippen LogP) is 2.89. The minimum Gasteiger partial charge on any atom is -0.511 e. The van der Waals surface area contributed by atoms with Crippen molar-refractivity contribution in [2.75, 3.05) is 6.54 Å². The highest BCUT2D eigenvalue weighted by Crippen LogP contribution is 2.40. The molecule has 1 aromatic carbocycles. The third kappa shape index (κ3) is 1.45. The number of aliphatic hydroxyl groups excluding tert-OH is 1. The molecule has 1 aliphatic heterocycles. The molecule has 1 saturated heterocycles. The molecule has 1 fully saturated rings. The quantitative estimate of drug-likeness (QED) is 0.820. The van der Waals surface area contributed by atoms with E-state index in [0.717, 1.165) is 13.0 Å². The van der Waals surface area contributed by atoms with Crippen molar-refractivity contribution >= 4 is 0 Å². The fraction of sp³-hybridized carbons (Fsp3) is 0.429. The normalized spacial score (nSPS) is 30.4. The first kappa shape index (κ1) is 9.91. The van der Waals surface area contributed by atoms with E-state index < -0.39 is 0 Å². The minimum absolute atomic E-state index is 0.264. The largest absolute Gasteiger partial charge is 0.511 e. The first-order valence-electron chi connectivity index (χ1n) is 5.97. The minimum atomic E-state index is 0.264. The third-order valence-electron chi connectivity index (χ3n) is 3.90. The molecule has 16 heavy (non-hydrogen) atoms. The fourth-order valence-electron chi connectivity index (χ4n) is 3.01. The number of fused-ring (bicyclic) bond motifs is 2. The number of hydrogen-bond donors (Lipinski definition) is 1.